The Balaban J connectivity index is 1.53. The van der Waals surface area contributed by atoms with E-state index in [2.05, 4.69) is 15.8 Å². The van der Waals surface area contributed by atoms with Crippen molar-refractivity contribution in [2.24, 2.45) is 0 Å². The van der Waals surface area contributed by atoms with Gasteiger partial charge in [0.25, 0.3) is 5.91 Å². The largest absolute Gasteiger partial charge is 0.306 e. The van der Waals surface area contributed by atoms with E-state index in [1.165, 1.54) is 24.3 Å². The van der Waals surface area contributed by atoms with Crippen LogP contribution in [0.15, 0.2) is 67.3 Å². The van der Waals surface area contributed by atoms with Crippen LogP contribution in [0.5, 0.6) is 0 Å². The molecule has 0 fully saturated rings. The summed E-state index contributed by atoms with van der Waals surface area (Å²) in [5, 5.41) is 0. The molecule has 0 aliphatic rings. The molecule has 0 aliphatic carbocycles. The number of carbonyl (C=O) groups excluding carboxylic acids is 2. The van der Waals surface area contributed by atoms with Crippen LogP contribution in [0.25, 0.3) is 5.69 Å². The van der Waals surface area contributed by atoms with Crippen molar-refractivity contribution in [2.75, 3.05) is 0 Å². The monoisotopic (exact) mass is 338 g/mol. The van der Waals surface area contributed by atoms with Crippen molar-refractivity contribution < 1.29 is 14.0 Å². The van der Waals surface area contributed by atoms with Crippen molar-refractivity contribution in [3.05, 3.63) is 84.2 Å². The van der Waals surface area contributed by atoms with Gasteiger partial charge >= 0.3 is 0 Å². The second-order valence-corrected chi connectivity index (χ2v) is 5.32. The zero-order valence-electron chi connectivity index (χ0n) is 13.1. The molecule has 0 spiro atoms. The molecule has 1 heterocycles. The molecule has 126 valence electrons. The number of nitrogens with one attached hydrogen (secondary N) is 2. The van der Waals surface area contributed by atoms with Crippen molar-refractivity contribution in [3.8, 4) is 5.69 Å². The van der Waals surface area contributed by atoms with Gasteiger partial charge in [-0.15, -0.1) is 0 Å². The number of aromatic nitrogens is 2. The third-order valence-corrected chi connectivity index (χ3v) is 3.53. The third kappa shape index (κ3) is 4.29. The van der Waals surface area contributed by atoms with E-state index in [9.17, 15) is 14.0 Å². The maximum absolute atomic E-state index is 12.8. The molecular weight excluding hydrogens is 323 g/mol. The van der Waals surface area contributed by atoms with E-state index >= 15 is 0 Å². The second kappa shape index (κ2) is 7.39. The van der Waals surface area contributed by atoms with Crippen LogP contribution in [0.3, 0.4) is 0 Å². The van der Waals surface area contributed by atoms with E-state index in [1.54, 1.807) is 43.0 Å². The van der Waals surface area contributed by atoms with Crippen molar-refractivity contribution in [1.29, 1.82) is 0 Å². The Bertz CT molecular complexity index is 859. The number of hydrogen-bond acceptors (Lipinski definition) is 3. The maximum atomic E-state index is 12.8. The molecule has 0 bridgehead atoms. The Morgan fingerprint density at radius 3 is 2.36 bits per heavy atom. The van der Waals surface area contributed by atoms with Gasteiger partial charge in [0.2, 0.25) is 5.91 Å². The van der Waals surface area contributed by atoms with Crippen LogP contribution >= 0.6 is 0 Å². The van der Waals surface area contributed by atoms with Gasteiger partial charge in [0.15, 0.2) is 0 Å². The molecular formula is C18H15FN4O2. The van der Waals surface area contributed by atoms with Crippen LogP contribution < -0.4 is 10.9 Å². The lowest BCUT2D eigenvalue weighted by Crippen LogP contribution is -2.42. The highest BCUT2D eigenvalue weighted by molar-refractivity contribution is 5.95. The molecule has 6 nitrogen and oxygen atoms in total. The normalized spacial score (nSPS) is 10.3. The van der Waals surface area contributed by atoms with Gasteiger partial charge in [0.05, 0.1) is 12.7 Å². The molecule has 2 aromatic carbocycles. The Morgan fingerprint density at radius 2 is 1.72 bits per heavy atom. The summed E-state index contributed by atoms with van der Waals surface area (Å²) in [6.07, 6.45) is 5.16. The molecule has 25 heavy (non-hydrogen) atoms. The minimum atomic E-state index is -0.426. The molecule has 0 unspecified atom stereocenters. The maximum Gasteiger partial charge on any atom is 0.269 e. The predicted molar refractivity (Wildman–Crippen MR) is 89.3 cm³/mol. The fourth-order valence-corrected chi connectivity index (χ4v) is 2.23. The molecule has 2 amide bonds. The number of hydrazine groups is 1. The lowest BCUT2D eigenvalue weighted by atomic mass is 10.1. The zero-order chi connectivity index (χ0) is 17.6. The van der Waals surface area contributed by atoms with Crippen molar-refractivity contribution in [2.45, 2.75) is 6.42 Å². The Kier molecular flexibility index (Phi) is 4.84. The lowest BCUT2D eigenvalue weighted by molar-refractivity contribution is -0.121. The Labute approximate surface area is 143 Å². The van der Waals surface area contributed by atoms with Gasteiger partial charge in [-0.1, -0.05) is 12.1 Å². The molecule has 0 saturated carbocycles. The average molecular weight is 338 g/mol. The smallest absolute Gasteiger partial charge is 0.269 e. The summed E-state index contributed by atoms with van der Waals surface area (Å²) in [6.45, 7) is 0. The average Bonchev–Trinajstić information content (AvgIpc) is 3.16. The number of benzene rings is 2. The van der Waals surface area contributed by atoms with Crippen LogP contribution in [0, 0.1) is 5.82 Å². The lowest BCUT2D eigenvalue weighted by Gasteiger charge is -2.08. The number of nitrogens with zero attached hydrogens (tertiary/aromatic N) is 2. The molecule has 0 atom stereocenters. The quantitative estimate of drug-likeness (QED) is 0.715. The molecule has 2 N–H and O–H groups in total. The van der Waals surface area contributed by atoms with Crippen molar-refractivity contribution in [3.63, 3.8) is 0 Å². The predicted octanol–water partition coefficient (Wildman–Crippen LogP) is 2.02. The summed E-state index contributed by atoms with van der Waals surface area (Å²) in [5.74, 6) is -1.18. The van der Waals surface area contributed by atoms with E-state index < -0.39 is 11.8 Å². The van der Waals surface area contributed by atoms with Crippen LogP contribution in [0.4, 0.5) is 4.39 Å². The third-order valence-electron chi connectivity index (χ3n) is 3.53. The first-order chi connectivity index (χ1) is 12.1. The number of imidazole rings is 1. The van der Waals surface area contributed by atoms with E-state index in [1.807, 2.05) is 4.57 Å². The van der Waals surface area contributed by atoms with Gasteiger partial charge in [-0.25, -0.2) is 9.37 Å². The van der Waals surface area contributed by atoms with Gasteiger partial charge < -0.3 is 4.57 Å². The SMILES string of the molecule is O=C(Cc1ccc(F)cc1)NNC(=O)c1ccc(-n2ccnc2)cc1. The standard InChI is InChI=1S/C18H15FN4O2/c19-15-5-1-13(2-6-15)11-17(24)21-22-18(25)14-3-7-16(8-4-14)23-10-9-20-12-23/h1-10,12H,11H2,(H,21,24)(H,22,25). The van der Waals surface area contributed by atoms with Crippen LogP contribution in [-0.2, 0) is 11.2 Å². The number of rotatable bonds is 4. The van der Waals surface area contributed by atoms with Gasteiger partial charge in [0, 0.05) is 23.6 Å². The first-order valence-electron chi connectivity index (χ1n) is 7.54. The molecule has 0 saturated heterocycles. The second-order valence-electron chi connectivity index (χ2n) is 5.32. The van der Waals surface area contributed by atoms with Gasteiger partial charge in [0.1, 0.15) is 5.82 Å². The Morgan fingerprint density at radius 1 is 1.00 bits per heavy atom. The zero-order valence-corrected chi connectivity index (χ0v) is 13.1. The van der Waals surface area contributed by atoms with Crippen LogP contribution in [0.1, 0.15) is 15.9 Å². The first-order valence-corrected chi connectivity index (χ1v) is 7.54. The van der Waals surface area contributed by atoms with Gasteiger partial charge in [-0.05, 0) is 42.0 Å². The molecule has 1 aromatic heterocycles. The van der Waals surface area contributed by atoms with Crippen LogP contribution in [-0.4, -0.2) is 21.4 Å². The van der Waals surface area contributed by atoms with E-state index in [-0.39, 0.29) is 12.2 Å². The molecule has 7 heteroatoms. The number of hydrogen-bond donors (Lipinski definition) is 2. The first kappa shape index (κ1) is 16.4. The highest BCUT2D eigenvalue weighted by Gasteiger charge is 2.08. The fraction of sp³-hybridized carbons (Fsp3) is 0.0556. The molecule has 3 rings (SSSR count). The van der Waals surface area contributed by atoms with Crippen LogP contribution in [0.2, 0.25) is 0 Å². The summed E-state index contributed by atoms with van der Waals surface area (Å²) >= 11 is 0. The summed E-state index contributed by atoms with van der Waals surface area (Å²) in [6, 6.07) is 12.4. The van der Waals surface area contributed by atoms with E-state index in [4.69, 9.17) is 0 Å². The summed E-state index contributed by atoms with van der Waals surface area (Å²) in [5.41, 5.74) is 6.62. The summed E-state index contributed by atoms with van der Waals surface area (Å²) < 4.78 is 14.6. The minimum Gasteiger partial charge on any atom is -0.306 e. The van der Waals surface area contributed by atoms with E-state index in [0.717, 1.165) is 5.69 Å². The van der Waals surface area contributed by atoms with Gasteiger partial charge in [-0.3, -0.25) is 20.4 Å². The number of halogens is 1. The van der Waals surface area contributed by atoms with Gasteiger partial charge in [-0.2, -0.15) is 0 Å². The van der Waals surface area contributed by atoms with Crippen molar-refractivity contribution >= 4 is 11.8 Å². The van der Waals surface area contributed by atoms with E-state index in [0.29, 0.717) is 11.1 Å². The topological polar surface area (TPSA) is 76.0 Å². The molecule has 0 aliphatic heterocycles. The molecule has 3 aromatic rings. The molecule has 0 radical (unpaired) electrons. The highest BCUT2D eigenvalue weighted by atomic mass is 19.1. The summed E-state index contributed by atoms with van der Waals surface area (Å²) in [4.78, 5) is 27.8. The van der Waals surface area contributed by atoms with Crippen molar-refractivity contribution in [1.82, 2.24) is 20.4 Å². The fourth-order valence-electron chi connectivity index (χ4n) is 2.23. The number of amides is 2. The minimum absolute atomic E-state index is 0.0418. The highest BCUT2D eigenvalue weighted by Crippen LogP contribution is 2.09. The summed E-state index contributed by atoms with van der Waals surface area (Å²) in [7, 11) is 0. The number of carbonyl (C=O) groups is 2. The Hall–Kier alpha value is -3.48.